The highest BCUT2D eigenvalue weighted by Gasteiger charge is 2.14. The first-order chi connectivity index (χ1) is 13.2. The SMILES string of the molecule is CN(Cc1cnn(-c2ccccc2)c1)C(=O)c1ccc(-n2cccn2)nc1. The van der Waals surface area contributed by atoms with Crippen molar-refractivity contribution in [3.63, 3.8) is 0 Å². The summed E-state index contributed by atoms with van der Waals surface area (Å²) in [4.78, 5) is 18.6. The van der Waals surface area contributed by atoms with Crippen molar-refractivity contribution in [3.8, 4) is 11.5 Å². The van der Waals surface area contributed by atoms with E-state index in [1.807, 2.05) is 42.6 Å². The molecule has 1 aromatic carbocycles. The van der Waals surface area contributed by atoms with E-state index in [0.29, 0.717) is 17.9 Å². The van der Waals surface area contributed by atoms with Gasteiger partial charge in [-0.3, -0.25) is 4.79 Å². The topological polar surface area (TPSA) is 68.8 Å². The molecule has 4 rings (SSSR count). The number of hydrogen-bond donors (Lipinski definition) is 0. The molecule has 0 bridgehead atoms. The summed E-state index contributed by atoms with van der Waals surface area (Å²) >= 11 is 0. The van der Waals surface area contributed by atoms with Crippen LogP contribution in [0.2, 0.25) is 0 Å². The molecule has 7 heteroatoms. The van der Waals surface area contributed by atoms with Gasteiger partial charge in [-0.05, 0) is 30.3 Å². The molecule has 0 saturated carbocycles. The molecule has 1 amide bonds. The highest BCUT2D eigenvalue weighted by molar-refractivity contribution is 5.93. The van der Waals surface area contributed by atoms with Gasteiger partial charge in [-0.2, -0.15) is 10.2 Å². The lowest BCUT2D eigenvalue weighted by Gasteiger charge is -2.16. The average Bonchev–Trinajstić information content (AvgIpc) is 3.40. The average molecular weight is 358 g/mol. The molecule has 0 unspecified atom stereocenters. The van der Waals surface area contributed by atoms with Gasteiger partial charge in [-0.1, -0.05) is 18.2 Å². The summed E-state index contributed by atoms with van der Waals surface area (Å²) in [6.07, 6.45) is 8.77. The lowest BCUT2D eigenvalue weighted by Crippen LogP contribution is -2.26. The summed E-state index contributed by atoms with van der Waals surface area (Å²) in [5.41, 5.74) is 2.47. The monoisotopic (exact) mass is 358 g/mol. The zero-order valence-electron chi connectivity index (χ0n) is 14.8. The van der Waals surface area contributed by atoms with Crippen molar-refractivity contribution in [2.24, 2.45) is 0 Å². The summed E-state index contributed by atoms with van der Waals surface area (Å²) in [7, 11) is 1.77. The van der Waals surface area contributed by atoms with Gasteiger partial charge in [-0.25, -0.2) is 14.3 Å². The third kappa shape index (κ3) is 3.62. The Labute approximate surface area is 156 Å². The molecule has 3 heterocycles. The maximum absolute atomic E-state index is 12.7. The molecule has 0 atom stereocenters. The van der Waals surface area contributed by atoms with Crippen LogP contribution in [-0.4, -0.2) is 42.4 Å². The first kappa shape index (κ1) is 16.7. The van der Waals surface area contributed by atoms with Crippen LogP contribution in [0.25, 0.3) is 11.5 Å². The number of benzene rings is 1. The fraction of sp³-hybridized carbons (Fsp3) is 0.100. The second kappa shape index (κ2) is 7.25. The molecule has 0 fully saturated rings. The smallest absolute Gasteiger partial charge is 0.255 e. The summed E-state index contributed by atoms with van der Waals surface area (Å²) in [5, 5.41) is 8.50. The maximum atomic E-state index is 12.7. The second-order valence-electron chi connectivity index (χ2n) is 6.15. The molecule has 0 saturated heterocycles. The molecule has 0 radical (unpaired) electrons. The van der Waals surface area contributed by atoms with Crippen LogP contribution in [0.1, 0.15) is 15.9 Å². The number of hydrogen-bond acceptors (Lipinski definition) is 4. The molecule has 0 aliphatic heterocycles. The van der Waals surface area contributed by atoms with Gasteiger partial charge < -0.3 is 4.90 Å². The van der Waals surface area contributed by atoms with E-state index in [4.69, 9.17) is 0 Å². The highest BCUT2D eigenvalue weighted by Crippen LogP contribution is 2.12. The number of para-hydroxylation sites is 1. The molecule has 7 nitrogen and oxygen atoms in total. The first-order valence-electron chi connectivity index (χ1n) is 8.51. The fourth-order valence-electron chi connectivity index (χ4n) is 2.78. The Balaban J connectivity index is 1.44. The summed E-state index contributed by atoms with van der Waals surface area (Å²) in [6.45, 7) is 0.465. The van der Waals surface area contributed by atoms with E-state index >= 15 is 0 Å². The van der Waals surface area contributed by atoms with E-state index in [1.54, 1.807) is 58.2 Å². The molecular weight excluding hydrogens is 340 g/mol. The van der Waals surface area contributed by atoms with Gasteiger partial charge in [0.25, 0.3) is 5.91 Å². The van der Waals surface area contributed by atoms with Gasteiger partial charge in [0, 0.05) is 43.9 Å². The van der Waals surface area contributed by atoms with Crippen LogP contribution in [0, 0.1) is 0 Å². The molecule has 0 aliphatic rings. The normalized spacial score (nSPS) is 10.7. The van der Waals surface area contributed by atoms with Crippen LogP contribution in [0.3, 0.4) is 0 Å². The Morgan fingerprint density at radius 3 is 2.56 bits per heavy atom. The van der Waals surface area contributed by atoms with Crippen LogP contribution >= 0.6 is 0 Å². The van der Waals surface area contributed by atoms with Crippen molar-refractivity contribution in [2.75, 3.05) is 7.05 Å². The van der Waals surface area contributed by atoms with Gasteiger partial charge >= 0.3 is 0 Å². The van der Waals surface area contributed by atoms with Crippen molar-refractivity contribution in [3.05, 3.63) is 90.6 Å². The van der Waals surface area contributed by atoms with Gasteiger partial charge in [0.1, 0.15) is 0 Å². The Bertz CT molecular complexity index is 1020. The zero-order valence-corrected chi connectivity index (χ0v) is 14.8. The minimum absolute atomic E-state index is 0.0954. The quantitative estimate of drug-likeness (QED) is 0.550. The number of carbonyl (C=O) groups is 1. The van der Waals surface area contributed by atoms with E-state index < -0.39 is 0 Å². The lowest BCUT2D eigenvalue weighted by molar-refractivity contribution is 0.0784. The number of pyridine rings is 1. The highest BCUT2D eigenvalue weighted by atomic mass is 16.2. The minimum atomic E-state index is -0.0954. The van der Waals surface area contributed by atoms with Crippen molar-refractivity contribution >= 4 is 5.91 Å². The largest absolute Gasteiger partial charge is 0.337 e. The third-order valence-corrected chi connectivity index (χ3v) is 4.16. The standard InChI is InChI=1S/C20H18N6O/c1-24(14-16-12-23-26(15-16)18-6-3-2-4-7-18)20(27)17-8-9-19(21-13-17)25-11-5-10-22-25/h2-13,15H,14H2,1H3. The van der Waals surface area contributed by atoms with Crippen molar-refractivity contribution in [1.29, 1.82) is 0 Å². The van der Waals surface area contributed by atoms with Crippen molar-refractivity contribution in [2.45, 2.75) is 6.54 Å². The van der Waals surface area contributed by atoms with Crippen LogP contribution in [0.15, 0.2) is 79.5 Å². The van der Waals surface area contributed by atoms with Gasteiger partial charge in [0.15, 0.2) is 5.82 Å². The Morgan fingerprint density at radius 2 is 1.85 bits per heavy atom. The Morgan fingerprint density at radius 1 is 1.00 bits per heavy atom. The zero-order chi connectivity index (χ0) is 18.6. The van der Waals surface area contributed by atoms with Crippen molar-refractivity contribution in [1.82, 2.24) is 29.4 Å². The van der Waals surface area contributed by atoms with Crippen LogP contribution in [0.5, 0.6) is 0 Å². The number of amides is 1. The number of nitrogens with zero attached hydrogens (tertiary/aromatic N) is 6. The van der Waals surface area contributed by atoms with Gasteiger partial charge in [0.2, 0.25) is 0 Å². The molecule has 134 valence electrons. The van der Waals surface area contributed by atoms with Crippen molar-refractivity contribution < 1.29 is 4.79 Å². The molecule has 0 spiro atoms. The van der Waals surface area contributed by atoms with Crippen LogP contribution in [0.4, 0.5) is 0 Å². The number of carbonyl (C=O) groups excluding carboxylic acids is 1. The summed E-state index contributed by atoms with van der Waals surface area (Å²) in [5.74, 6) is 0.574. The van der Waals surface area contributed by atoms with E-state index in [2.05, 4.69) is 15.2 Å². The predicted molar refractivity (Wildman–Crippen MR) is 101 cm³/mol. The third-order valence-electron chi connectivity index (χ3n) is 4.16. The Hall–Kier alpha value is -3.74. The maximum Gasteiger partial charge on any atom is 0.255 e. The first-order valence-corrected chi connectivity index (χ1v) is 8.51. The fourth-order valence-corrected chi connectivity index (χ4v) is 2.78. The summed E-state index contributed by atoms with van der Waals surface area (Å²) in [6, 6.07) is 15.2. The molecule has 4 aromatic rings. The summed E-state index contributed by atoms with van der Waals surface area (Å²) < 4.78 is 3.45. The molecule has 0 N–H and O–H groups in total. The Kier molecular flexibility index (Phi) is 4.49. The number of aromatic nitrogens is 5. The van der Waals surface area contributed by atoms with E-state index in [1.165, 1.54) is 0 Å². The van der Waals surface area contributed by atoms with Crippen LogP contribution in [-0.2, 0) is 6.54 Å². The van der Waals surface area contributed by atoms with E-state index in [0.717, 1.165) is 11.3 Å². The molecule has 0 aliphatic carbocycles. The molecule has 3 aromatic heterocycles. The second-order valence-corrected chi connectivity index (χ2v) is 6.15. The molecular formula is C20H18N6O. The lowest BCUT2D eigenvalue weighted by atomic mass is 10.2. The van der Waals surface area contributed by atoms with Crippen LogP contribution < -0.4 is 0 Å². The van der Waals surface area contributed by atoms with Gasteiger partial charge in [-0.15, -0.1) is 0 Å². The molecule has 27 heavy (non-hydrogen) atoms. The number of rotatable bonds is 5. The van der Waals surface area contributed by atoms with E-state index in [-0.39, 0.29) is 5.91 Å². The minimum Gasteiger partial charge on any atom is -0.337 e. The predicted octanol–water partition coefficient (Wildman–Crippen LogP) is 2.73. The van der Waals surface area contributed by atoms with E-state index in [9.17, 15) is 4.79 Å². The van der Waals surface area contributed by atoms with Gasteiger partial charge in [0.05, 0.1) is 17.4 Å².